The SMILES string of the molecule is O=C(N[C@@H]1CN(Cc2ccc(F)cc2)C[C@H]1CO)c1cnccn1. The largest absolute Gasteiger partial charge is 0.396 e. The molecule has 1 aliphatic rings. The average Bonchev–Trinajstić information content (AvgIpc) is 2.99. The number of nitrogens with zero attached hydrogens (tertiary/aromatic N) is 3. The molecule has 6 nitrogen and oxygen atoms in total. The highest BCUT2D eigenvalue weighted by atomic mass is 19.1. The van der Waals surface area contributed by atoms with E-state index in [1.54, 1.807) is 12.1 Å². The lowest BCUT2D eigenvalue weighted by atomic mass is 10.1. The van der Waals surface area contributed by atoms with Crippen molar-refractivity contribution in [3.8, 4) is 0 Å². The Labute approximate surface area is 139 Å². The summed E-state index contributed by atoms with van der Waals surface area (Å²) >= 11 is 0. The monoisotopic (exact) mass is 330 g/mol. The molecule has 0 saturated carbocycles. The van der Waals surface area contributed by atoms with Gasteiger partial charge in [0.1, 0.15) is 11.5 Å². The summed E-state index contributed by atoms with van der Waals surface area (Å²) in [7, 11) is 0. The first-order valence-corrected chi connectivity index (χ1v) is 7.80. The molecule has 24 heavy (non-hydrogen) atoms. The minimum atomic E-state index is -0.296. The van der Waals surface area contributed by atoms with E-state index in [9.17, 15) is 14.3 Å². The van der Waals surface area contributed by atoms with Gasteiger partial charge in [0.15, 0.2) is 0 Å². The lowest BCUT2D eigenvalue weighted by molar-refractivity contribution is 0.0915. The number of benzene rings is 1. The van der Waals surface area contributed by atoms with Gasteiger partial charge in [-0.1, -0.05) is 12.1 Å². The first-order valence-electron chi connectivity index (χ1n) is 7.80. The van der Waals surface area contributed by atoms with Crippen molar-refractivity contribution in [2.24, 2.45) is 5.92 Å². The van der Waals surface area contributed by atoms with Gasteiger partial charge in [0.05, 0.1) is 6.20 Å². The number of aliphatic hydroxyl groups excluding tert-OH is 1. The molecule has 1 saturated heterocycles. The van der Waals surface area contributed by atoms with Crippen LogP contribution in [-0.2, 0) is 6.54 Å². The zero-order valence-corrected chi connectivity index (χ0v) is 13.1. The zero-order valence-electron chi connectivity index (χ0n) is 13.1. The van der Waals surface area contributed by atoms with Crippen LogP contribution in [-0.4, -0.2) is 51.6 Å². The number of rotatable bonds is 5. The molecular formula is C17H19FN4O2. The second-order valence-corrected chi connectivity index (χ2v) is 5.93. The van der Waals surface area contributed by atoms with E-state index in [0.29, 0.717) is 19.6 Å². The Balaban J connectivity index is 1.62. The fraction of sp³-hybridized carbons (Fsp3) is 0.353. The van der Waals surface area contributed by atoms with Crippen LogP contribution in [0.25, 0.3) is 0 Å². The van der Waals surface area contributed by atoms with Gasteiger partial charge in [0.25, 0.3) is 5.91 Å². The Hall–Kier alpha value is -2.38. The second kappa shape index (κ2) is 7.46. The van der Waals surface area contributed by atoms with Crippen molar-refractivity contribution >= 4 is 5.91 Å². The molecule has 0 radical (unpaired) electrons. The molecule has 1 aromatic carbocycles. The summed E-state index contributed by atoms with van der Waals surface area (Å²) in [6, 6.07) is 6.19. The van der Waals surface area contributed by atoms with Gasteiger partial charge in [0, 0.05) is 50.6 Å². The maximum Gasteiger partial charge on any atom is 0.271 e. The normalized spacial score (nSPS) is 20.9. The first-order chi connectivity index (χ1) is 11.7. The van der Waals surface area contributed by atoms with Crippen molar-refractivity contribution in [3.63, 3.8) is 0 Å². The van der Waals surface area contributed by atoms with Crippen LogP contribution in [0.1, 0.15) is 16.1 Å². The molecule has 2 heterocycles. The van der Waals surface area contributed by atoms with Crippen LogP contribution in [0.3, 0.4) is 0 Å². The number of hydrogen-bond donors (Lipinski definition) is 2. The van der Waals surface area contributed by atoms with Crippen LogP contribution in [0.4, 0.5) is 4.39 Å². The molecule has 0 unspecified atom stereocenters. The Morgan fingerprint density at radius 1 is 1.29 bits per heavy atom. The molecule has 0 aliphatic carbocycles. The maximum absolute atomic E-state index is 13.0. The van der Waals surface area contributed by atoms with Gasteiger partial charge in [-0.25, -0.2) is 9.37 Å². The number of aromatic nitrogens is 2. The van der Waals surface area contributed by atoms with Crippen molar-refractivity contribution in [2.75, 3.05) is 19.7 Å². The minimum absolute atomic E-state index is 0.00860. The molecule has 1 aliphatic heterocycles. The third kappa shape index (κ3) is 3.93. The average molecular weight is 330 g/mol. The van der Waals surface area contributed by atoms with E-state index < -0.39 is 0 Å². The highest BCUT2D eigenvalue weighted by molar-refractivity contribution is 5.92. The van der Waals surface area contributed by atoms with Gasteiger partial charge < -0.3 is 10.4 Å². The van der Waals surface area contributed by atoms with Crippen LogP contribution in [0.15, 0.2) is 42.9 Å². The predicted molar refractivity (Wildman–Crippen MR) is 85.5 cm³/mol. The fourth-order valence-corrected chi connectivity index (χ4v) is 2.94. The van der Waals surface area contributed by atoms with Crippen LogP contribution in [0.5, 0.6) is 0 Å². The topological polar surface area (TPSA) is 78.4 Å². The van der Waals surface area contributed by atoms with Crippen molar-refractivity contribution in [1.29, 1.82) is 0 Å². The predicted octanol–water partition coefficient (Wildman–Crippen LogP) is 0.838. The van der Waals surface area contributed by atoms with E-state index in [1.165, 1.54) is 30.7 Å². The number of likely N-dealkylation sites (tertiary alicyclic amines) is 1. The summed E-state index contributed by atoms with van der Waals surface area (Å²) in [6.45, 7) is 1.92. The third-order valence-corrected chi connectivity index (χ3v) is 4.18. The van der Waals surface area contributed by atoms with Crippen LogP contribution < -0.4 is 5.32 Å². The quantitative estimate of drug-likeness (QED) is 0.849. The Kier molecular flexibility index (Phi) is 5.12. The number of halogens is 1. The Morgan fingerprint density at radius 2 is 2.08 bits per heavy atom. The molecule has 7 heteroatoms. The summed E-state index contributed by atoms with van der Waals surface area (Å²) in [4.78, 5) is 22.2. The molecule has 2 atom stereocenters. The number of carbonyl (C=O) groups is 1. The highest BCUT2D eigenvalue weighted by Gasteiger charge is 2.33. The lowest BCUT2D eigenvalue weighted by Crippen LogP contribution is -2.41. The van der Waals surface area contributed by atoms with E-state index in [1.807, 2.05) is 0 Å². The molecule has 1 fully saturated rings. The molecule has 1 amide bonds. The van der Waals surface area contributed by atoms with Crippen LogP contribution in [0, 0.1) is 11.7 Å². The molecule has 126 valence electrons. The van der Waals surface area contributed by atoms with Crippen molar-refractivity contribution in [1.82, 2.24) is 20.2 Å². The number of amides is 1. The summed E-state index contributed by atoms with van der Waals surface area (Å²) < 4.78 is 13.0. The van der Waals surface area contributed by atoms with Gasteiger partial charge in [-0.2, -0.15) is 0 Å². The summed E-state index contributed by atoms with van der Waals surface area (Å²) in [5.74, 6) is -0.608. The van der Waals surface area contributed by atoms with E-state index in [4.69, 9.17) is 0 Å². The van der Waals surface area contributed by atoms with Gasteiger partial charge in [-0.15, -0.1) is 0 Å². The molecule has 1 aromatic heterocycles. The Bertz CT molecular complexity index is 681. The second-order valence-electron chi connectivity index (χ2n) is 5.93. The summed E-state index contributed by atoms with van der Waals surface area (Å²) in [6.07, 6.45) is 4.38. The number of carbonyl (C=O) groups excluding carboxylic acids is 1. The molecule has 0 spiro atoms. The zero-order chi connectivity index (χ0) is 16.9. The Morgan fingerprint density at radius 3 is 2.75 bits per heavy atom. The maximum atomic E-state index is 13.0. The third-order valence-electron chi connectivity index (χ3n) is 4.18. The smallest absolute Gasteiger partial charge is 0.271 e. The first kappa shape index (κ1) is 16.5. The van der Waals surface area contributed by atoms with Gasteiger partial charge in [-0.05, 0) is 17.7 Å². The van der Waals surface area contributed by atoms with E-state index in [0.717, 1.165) is 5.56 Å². The molecule has 3 rings (SSSR count). The molecule has 2 aromatic rings. The molecule has 2 N–H and O–H groups in total. The van der Waals surface area contributed by atoms with Gasteiger partial charge in [-0.3, -0.25) is 14.7 Å². The van der Waals surface area contributed by atoms with Crippen molar-refractivity contribution in [3.05, 3.63) is 59.9 Å². The number of nitrogens with one attached hydrogen (secondary N) is 1. The van der Waals surface area contributed by atoms with Gasteiger partial charge >= 0.3 is 0 Å². The van der Waals surface area contributed by atoms with E-state index in [2.05, 4.69) is 20.2 Å². The molecule has 0 bridgehead atoms. The lowest BCUT2D eigenvalue weighted by Gasteiger charge is -2.17. The standard InChI is InChI=1S/C17H19FN4O2/c18-14-3-1-12(2-4-14)8-22-9-13(11-23)16(10-22)21-17(24)15-7-19-5-6-20-15/h1-7,13,16,23H,8-11H2,(H,21,24)/t13-,16+/m0/s1. The van der Waals surface area contributed by atoms with Crippen LogP contribution >= 0.6 is 0 Å². The number of hydrogen-bond acceptors (Lipinski definition) is 5. The van der Waals surface area contributed by atoms with Crippen molar-refractivity contribution in [2.45, 2.75) is 12.6 Å². The summed E-state index contributed by atoms with van der Waals surface area (Å²) in [5, 5.41) is 12.5. The minimum Gasteiger partial charge on any atom is -0.396 e. The highest BCUT2D eigenvalue weighted by Crippen LogP contribution is 2.19. The number of aliphatic hydroxyl groups is 1. The fourth-order valence-electron chi connectivity index (χ4n) is 2.94. The summed E-state index contributed by atoms with van der Waals surface area (Å²) in [5.41, 5.74) is 1.25. The van der Waals surface area contributed by atoms with Crippen LogP contribution in [0.2, 0.25) is 0 Å². The van der Waals surface area contributed by atoms with Gasteiger partial charge in [0.2, 0.25) is 0 Å². The van der Waals surface area contributed by atoms with E-state index in [-0.39, 0.29) is 36.0 Å². The molecular weight excluding hydrogens is 311 g/mol. The van der Waals surface area contributed by atoms with E-state index >= 15 is 0 Å². The van der Waals surface area contributed by atoms with Crippen molar-refractivity contribution < 1.29 is 14.3 Å².